The summed E-state index contributed by atoms with van der Waals surface area (Å²) in [5.41, 5.74) is 6.91. The van der Waals surface area contributed by atoms with Crippen molar-refractivity contribution in [2.75, 3.05) is 0 Å². The van der Waals surface area contributed by atoms with E-state index >= 15 is 0 Å². The van der Waals surface area contributed by atoms with E-state index in [1.807, 2.05) is 12.1 Å². The number of amides is 2. The van der Waals surface area contributed by atoms with Crippen LogP contribution in [-0.2, 0) is 4.79 Å². The second-order valence-electron chi connectivity index (χ2n) is 5.34. The predicted molar refractivity (Wildman–Crippen MR) is 94.4 cm³/mol. The number of halogens is 1. The van der Waals surface area contributed by atoms with Crippen LogP contribution in [0.3, 0.4) is 0 Å². The average Bonchev–Trinajstić information content (AvgIpc) is 3.10. The molecule has 0 aliphatic heterocycles. The largest absolute Gasteiger partial charge is 0.368 e. The van der Waals surface area contributed by atoms with Gasteiger partial charge in [0.1, 0.15) is 6.04 Å². The van der Waals surface area contributed by atoms with Gasteiger partial charge in [-0.15, -0.1) is 0 Å². The Balaban J connectivity index is 1.80. The number of nitrogens with one attached hydrogen (secondary N) is 1. The number of carbonyl (C=O) groups is 2. The van der Waals surface area contributed by atoms with E-state index in [2.05, 4.69) is 10.4 Å². The summed E-state index contributed by atoms with van der Waals surface area (Å²) in [6.45, 7) is 0. The molecule has 0 aliphatic rings. The minimum atomic E-state index is -0.926. The fourth-order valence-corrected chi connectivity index (χ4v) is 2.56. The molecule has 126 valence electrons. The number of nitrogens with zero attached hydrogens (tertiary/aromatic N) is 2. The highest BCUT2D eigenvalue weighted by Crippen LogP contribution is 2.16. The lowest BCUT2D eigenvalue weighted by Crippen LogP contribution is -2.37. The molecule has 3 rings (SSSR count). The Morgan fingerprint density at radius 2 is 1.84 bits per heavy atom. The van der Waals surface area contributed by atoms with Crippen LogP contribution < -0.4 is 11.1 Å². The van der Waals surface area contributed by atoms with Crippen molar-refractivity contribution in [3.05, 3.63) is 83.1 Å². The quantitative estimate of drug-likeness (QED) is 0.737. The first-order chi connectivity index (χ1) is 12.0. The third-order valence-electron chi connectivity index (χ3n) is 3.59. The first-order valence-corrected chi connectivity index (χ1v) is 7.89. The molecular formula is C18H15ClN4O2. The number of benzene rings is 2. The molecule has 0 bridgehead atoms. The van der Waals surface area contributed by atoms with Crippen molar-refractivity contribution in [3.63, 3.8) is 0 Å². The maximum Gasteiger partial charge on any atom is 0.272 e. The smallest absolute Gasteiger partial charge is 0.272 e. The van der Waals surface area contributed by atoms with E-state index in [9.17, 15) is 9.59 Å². The zero-order valence-corrected chi connectivity index (χ0v) is 13.9. The molecule has 0 spiro atoms. The molecule has 0 saturated heterocycles. The van der Waals surface area contributed by atoms with Gasteiger partial charge in [-0.2, -0.15) is 5.10 Å². The molecule has 2 aromatic carbocycles. The van der Waals surface area contributed by atoms with Gasteiger partial charge in [-0.05, 0) is 29.8 Å². The number of carbonyl (C=O) groups excluding carboxylic acids is 2. The monoisotopic (exact) mass is 354 g/mol. The van der Waals surface area contributed by atoms with E-state index < -0.39 is 17.9 Å². The van der Waals surface area contributed by atoms with Gasteiger partial charge in [0.2, 0.25) is 5.91 Å². The Morgan fingerprint density at radius 1 is 1.08 bits per heavy atom. The maximum absolute atomic E-state index is 12.4. The van der Waals surface area contributed by atoms with Crippen LogP contribution in [0.5, 0.6) is 0 Å². The second-order valence-corrected chi connectivity index (χ2v) is 5.78. The summed E-state index contributed by atoms with van der Waals surface area (Å²) in [5.74, 6) is -1.14. The Bertz CT molecular complexity index is 908. The van der Waals surface area contributed by atoms with Crippen LogP contribution in [0.15, 0.2) is 66.9 Å². The highest BCUT2D eigenvalue weighted by molar-refractivity contribution is 6.30. The van der Waals surface area contributed by atoms with Gasteiger partial charge in [0.25, 0.3) is 5.91 Å². The van der Waals surface area contributed by atoms with Crippen molar-refractivity contribution < 1.29 is 9.59 Å². The molecular weight excluding hydrogens is 340 g/mol. The van der Waals surface area contributed by atoms with Crippen LogP contribution in [0, 0.1) is 0 Å². The molecule has 1 heterocycles. The maximum atomic E-state index is 12.4. The number of rotatable bonds is 5. The Morgan fingerprint density at radius 3 is 2.52 bits per heavy atom. The summed E-state index contributed by atoms with van der Waals surface area (Å²) in [6, 6.07) is 16.5. The van der Waals surface area contributed by atoms with Gasteiger partial charge in [0, 0.05) is 11.2 Å². The minimum absolute atomic E-state index is 0.169. The van der Waals surface area contributed by atoms with Crippen molar-refractivity contribution in [2.45, 2.75) is 6.04 Å². The van der Waals surface area contributed by atoms with Crippen molar-refractivity contribution >= 4 is 23.4 Å². The molecule has 7 heteroatoms. The molecule has 1 unspecified atom stereocenters. The summed E-state index contributed by atoms with van der Waals surface area (Å²) < 4.78 is 1.53. The van der Waals surface area contributed by atoms with Crippen molar-refractivity contribution in [2.24, 2.45) is 5.73 Å². The summed E-state index contributed by atoms with van der Waals surface area (Å²) in [6.07, 6.45) is 1.64. The van der Waals surface area contributed by atoms with Crippen molar-refractivity contribution in [1.29, 1.82) is 0 Å². The zero-order chi connectivity index (χ0) is 17.8. The molecule has 0 radical (unpaired) electrons. The van der Waals surface area contributed by atoms with Gasteiger partial charge in [0.15, 0.2) is 5.69 Å². The third-order valence-corrected chi connectivity index (χ3v) is 3.82. The molecule has 25 heavy (non-hydrogen) atoms. The topological polar surface area (TPSA) is 90.0 Å². The lowest BCUT2D eigenvalue weighted by atomic mass is 10.1. The lowest BCUT2D eigenvalue weighted by molar-refractivity contribution is -0.120. The van der Waals surface area contributed by atoms with Gasteiger partial charge in [0.05, 0.1) is 5.69 Å². The minimum Gasteiger partial charge on any atom is -0.368 e. The summed E-state index contributed by atoms with van der Waals surface area (Å²) in [7, 11) is 0. The van der Waals surface area contributed by atoms with Gasteiger partial charge in [-0.1, -0.05) is 48.0 Å². The fourth-order valence-electron chi connectivity index (χ4n) is 2.38. The SMILES string of the molecule is NC(=O)C(NC(=O)c1ccn(-c2cccc(Cl)c2)n1)c1ccccc1. The highest BCUT2D eigenvalue weighted by Gasteiger charge is 2.22. The zero-order valence-electron chi connectivity index (χ0n) is 13.1. The standard InChI is InChI=1S/C18H15ClN4O2/c19-13-7-4-8-14(11-13)23-10-9-15(22-23)18(25)21-16(17(20)24)12-5-2-1-3-6-12/h1-11,16H,(H2,20,24)(H,21,25). The fraction of sp³-hybridized carbons (Fsp3) is 0.0556. The molecule has 1 aromatic heterocycles. The first-order valence-electron chi connectivity index (χ1n) is 7.51. The van der Waals surface area contributed by atoms with Crippen molar-refractivity contribution in [3.8, 4) is 5.69 Å². The molecule has 0 aliphatic carbocycles. The summed E-state index contributed by atoms with van der Waals surface area (Å²) in [5, 5.41) is 7.40. The van der Waals surface area contributed by atoms with Gasteiger partial charge >= 0.3 is 0 Å². The van der Waals surface area contributed by atoms with Crippen LogP contribution in [0.25, 0.3) is 5.69 Å². The molecule has 1 atom stereocenters. The number of primary amides is 1. The molecule has 3 aromatic rings. The Hall–Kier alpha value is -3.12. The molecule has 0 saturated carbocycles. The highest BCUT2D eigenvalue weighted by atomic mass is 35.5. The third kappa shape index (κ3) is 3.87. The van der Waals surface area contributed by atoms with E-state index in [0.29, 0.717) is 10.6 Å². The van der Waals surface area contributed by atoms with Crippen LogP contribution in [0.1, 0.15) is 22.1 Å². The van der Waals surface area contributed by atoms with Gasteiger partial charge in [-0.25, -0.2) is 4.68 Å². The average molecular weight is 355 g/mol. The number of hydrogen-bond acceptors (Lipinski definition) is 3. The van der Waals surface area contributed by atoms with E-state index in [0.717, 1.165) is 5.69 Å². The van der Waals surface area contributed by atoms with Crippen LogP contribution >= 0.6 is 11.6 Å². The van der Waals surface area contributed by atoms with Crippen LogP contribution in [0.4, 0.5) is 0 Å². The van der Waals surface area contributed by atoms with Crippen LogP contribution in [-0.4, -0.2) is 21.6 Å². The molecule has 6 nitrogen and oxygen atoms in total. The van der Waals surface area contributed by atoms with E-state index in [-0.39, 0.29) is 5.69 Å². The first kappa shape index (κ1) is 16.7. The van der Waals surface area contributed by atoms with E-state index in [1.165, 1.54) is 4.68 Å². The van der Waals surface area contributed by atoms with E-state index in [4.69, 9.17) is 17.3 Å². The van der Waals surface area contributed by atoms with E-state index in [1.54, 1.807) is 54.7 Å². The Kier molecular flexibility index (Phi) is 4.81. The van der Waals surface area contributed by atoms with Crippen LogP contribution in [0.2, 0.25) is 5.02 Å². The van der Waals surface area contributed by atoms with Gasteiger partial charge in [-0.3, -0.25) is 9.59 Å². The van der Waals surface area contributed by atoms with Gasteiger partial charge < -0.3 is 11.1 Å². The normalized spacial score (nSPS) is 11.7. The van der Waals surface area contributed by atoms with Crippen molar-refractivity contribution in [1.82, 2.24) is 15.1 Å². The number of hydrogen-bond donors (Lipinski definition) is 2. The Labute approximate surface area is 149 Å². The molecule has 0 fully saturated rings. The number of nitrogens with two attached hydrogens (primary N) is 1. The predicted octanol–water partition coefficient (Wildman–Crippen LogP) is 2.48. The molecule has 3 N–H and O–H groups in total. The summed E-state index contributed by atoms with van der Waals surface area (Å²) in [4.78, 5) is 24.1. The second kappa shape index (κ2) is 7.19. The molecule has 2 amide bonds. The lowest BCUT2D eigenvalue weighted by Gasteiger charge is -2.15. The number of aromatic nitrogens is 2. The summed E-state index contributed by atoms with van der Waals surface area (Å²) >= 11 is 5.96.